The average molecular weight is 260 g/mol. The molecule has 2 heteroatoms. The summed E-state index contributed by atoms with van der Waals surface area (Å²) in [6.45, 7) is 2.18. The third-order valence-electron chi connectivity index (χ3n) is 2.63. The van der Waals surface area contributed by atoms with E-state index in [1.54, 1.807) is 0 Å². The van der Waals surface area contributed by atoms with Crippen LogP contribution in [-0.4, -0.2) is 0 Å². The summed E-state index contributed by atoms with van der Waals surface area (Å²) < 4.78 is 0. The van der Waals surface area contributed by atoms with Gasteiger partial charge in [0.15, 0.2) is 0 Å². The Bertz CT molecular complexity index is 451. The summed E-state index contributed by atoms with van der Waals surface area (Å²) in [4.78, 5) is 0. The van der Waals surface area contributed by atoms with Crippen molar-refractivity contribution in [3.8, 4) is 0 Å². The Hall–Kier alpha value is -0.860. The van der Waals surface area contributed by atoms with E-state index in [1.165, 1.54) is 16.7 Å². The molecule has 0 heterocycles. The lowest BCUT2D eigenvalue weighted by molar-refractivity contribution is 1.31. The lowest BCUT2D eigenvalue weighted by atomic mass is 10.1. The first kappa shape index (κ1) is 12.6. The average Bonchev–Trinajstić information content (AvgIpc) is 2.38. The van der Waals surface area contributed by atoms with Crippen LogP contribution < -0.4 is 0 Å². The molecule has 0 spiro atoms. The smallest absolute Gasteiger partial charge is 0.0291 e. The lowest BCUT2D eigenvalue weighted by Gasteiger charge is -2.04. The molecule has 0 radical (unpaired) electrons. The molecule has 17 heavy (non-hydrogen) atoms. The van der Waals surface area contributed by atoms with Crippen molar-refractivity contribution in [3.05, 3.63) is 71.3 Å². The third kappa shape index (κ3) is 4.14. The topological polar surface area (TPSA) is 0 Å². The van der Waals surface area contributed by atoms with Crippen molar-refractivity contribution in [2.24, 2.45) is 0 Å². The molecule has 88 valence electrons. The zero-order chi connectivity index (χ0) is 11.9. The highest BCUT2D eigenvalue weighted by molar-refractivity contribution is 8.76. The molecule has 0 fully saturated rings. The minimum atomic E-state index is 1.08. The molecule has 0 atom stereocenters. The molecule has 0 saturated heterocycles. The summed E-state index contributed by atoms with van der Waals surface area (Å²) in [5.41, 5.74) is 4.23. The van der Waals surface area contributed by atoms with E-state index >= 15 is 0 Å². The normalized spacial score (nSPS) is 10.4. The monoisotopic (exact) mass is 260 g/mol. The molecule has 0 saturated carbocycles. The van der Waals surface area contributed by atoms with Crippen LogP contribution in [0.4, 0.5) is 0 Å². The Morgan fingerprint density at radius 1 is 0.765 bits per heavy atom. The second-order valence-corrected chi connectivity index (χ2v) is 6.40. The second kappa shape index (κ2) is 6.77. The molecule has 0 aliphatic carbocycles. The molecule has 2 aromatic rings. The zero-order valence-electron chi connectivity index (χ0n) is 9.93. The van der Waals surface area contributed by atoms with Crippen molar-refractivity contribution in [3.63, 3.8) is 0 Å². The van der Waals surface area contributed by atoms with Gasteiger partial charge in [-0.15, -0.1) is 0 Å². The Morgan fingerprint density at radius 2 is 1.41 bits per heavy atom. The van der Waals surface area contributed by atoms with E-state index in [0.717, 1.165) is 11.5 Å². The first-order valence-corrected chi connectivity index (χ1v) is 8.18. The zero-order valence-corrected chi connectivity index (χ0v) is 11.6. The van der Waals surface area contributed by atoms with Crippen molar-refractivity contribution in [1.82, 2.24) is 0 Å². The molecular weight excluding hydrogens is 244 g/mol. The molecule has 0 amide bonds. The van der Waals surface area contributed by atoms with E-state index in [1.807, 2.05) is 21.6 Å². The van der Waals surface area contributed by atoms with Gasteiger partial charge in [-0.05, 0) is 23.6 Å². The van der Waals surface area contributed by atoms with Crippen molar-refractivity contribution in [2.45, 2.75) is 18.4 Å². The van der Waals surface area contributed by atoms with Gasteiger partial charge in [0.1, 0.15) is 0 Å². The second-order valence-electron chi connectivity index (χ2n) is 3.94. The van der Waals surface area contributed by atoms with Gasteiger partial charge in [-0.25, -0.2) is 0 Å². The molecule has 0 aromatic heterocycles. The summed E-state index contributed by atoms with van der Waals surface area (Å²) in [6.07, 6.45) is 0. The van der Waals surface area contributed by atoms with Gasteiger partial charge < -0.3 is 0 Å². The molecule has 2 aromatic carbocycles. The standard InChI is InChI=1S/C15H16S2/c1-13-7-5-6-10-15(13)12-17-16-11-14-8-3-2-4-9-14/h2-10H,11-12H2,1H3. The van der Waals surface area contributed by atoms with Crippen LogP contribution >= 0.6 is 21.6 Å². The molecule has 0 aliphatic rings. The largest absolute Gasteiger partial charge is 0.0890 e. The number of hydrogen-bond donors (Lipinski definition) is 0. The Morgan fingerprint density at radius 3 is 2.18 bits per heavy atom. The Labute approximate surface area is 111 Å². The van der Waals surface area contributed by atoms with E-state index in [2.05, 4.69) is 61.5 Å². The van der Waals surface area contributed by atoms with E-state index < -0.39 is 0 Å². The van der Waals surface area contributed by atoms with Gasteiger partial charge in [-0.1, -0.05) is 76.2 Å². The fourth-order valence-electron chi connectivity index (χ4n) is 1.56. The van der Waals surface area contributed by atoms with Gasteiger partial charge in [-0.3, -0.25) is 0 Å². The summed E-state index contributed by atoms with van der Waals surface area (Å²) in [6, 6.07) is 19.2. The minimum Gasteiger partial charge on any atom is -0.0890 e. The van der Waals surface area contributed by atoms with Gasteiger partial charge in [0.25, 0.3) is 0 Å². The number of aryl methyl sites for hydroxylation is 1. The van der Waals surface area contributed by atoms with E-state index in [0.29, 0.717) is 0 Å². The van der Waals surface area contributed by atoms with Crippen LogP contribution in [0.1, 0.15) is 16.7 Å². The fraction of sp³-hybridized carbons (Fsp3) is 0.200. The van der Waals surface area contributed by atoms with Crippen LogP contribution in [0.15, 0.2) is 54.6 Å². The van der Waals surface area contributed by atoms with E-state index in [-0.39, 0.29) is 0 Å². The third-order valence-corrected chi connectivity index (χ3v) is 4.88. The number of rotatable bonds is 5. The molecule has 0 N–H and O–H groups in total. The Kier molecular flexibility index (Phi) is 5.02. The molecule has 0 aliphatic heterocycles. The van der Waals surface area contributed by atoms with Crippen molar-refractivity contribution < 1.29 is 0 Å². The van der Waals surface area contributed by atoms with Gasteiger partial charge in [0.2, 0.25) is 0 Å². The maximum atomic E-state index is 2.21. The van der Waals surface area contributed by atoms with Crippen LogP contribution in [0, 0.1) is 6.92 Å². The number of hydrogen-bond acceptors (Lipinski definition) is 2. The van der Waals surface area contributed by atoms with Gasteiger partial charge in [-0.2, -0.15) is 0 Å². The minimum absolute atomic E-state index is 1.08. The first-order valence-electron chi connectivity index (χ1n) is 5.69. The fourth-order valence-corrected chi connectivity index (χ4v) is 3.80. The highest BCUT2D eigenvalue weighted by Crippen LogP contribution is 2.30. The molecule has 0 unspecified atom stereocenters. The van der Waals surface area contributed by atoms with Crippen LogP contribution in [0.3, 0.4) is 0 Å². The van der Waals surface area contributed by atoms with Crippen LogP contribution in [-0.2, 0) is 11.5 Å². The predicted molar refractivity (Wildman–Crippen MR) is 80.2 cm³/mol. The summed E-state index contributed by atoms with van der Waals surface area (Å²) in [5, 5.41) is 0. The van der Waals surface area contributed by atoms with Gasteiger partial charge in [0, 0.05) is 11.5 Å². The quantitative estimate of drug-likeness (QED) is 0.543. The maximum absolute atomic E-state index is 2.21. The van der Waals surface area contributed by atoms with Gasteiger partial charge in [0.05, 0.1) is 0 Å². The van der Waals surface area contributed by atoms with Gasteiger partial charge >= 0.3 is 0 Å². The molecular formula is C15H16S2. The van der Waals surface area contributed by atoms with Crippen LogP contribution in [0.2, 0.25) is 0 Å². The molecule has 2 rings (SSSR count). The maximum Gasteiger partial charge on any atom is 0.0291 e. The number of benzene rings is 2. The predicted octanol–water partition coefficient (Wildman–Crippen LogP) is 5.08. The molecule has 0 bridgehead atoms. The van der Waals surface area contributed by atoms with Crippen molar-refractivity contribution in [2.75, 3.05) is 0 Å². The summed E-state index contributed by atoms with van der Waals surface area (Å²) in [5.74, 6) is 2.17. The van der Waals surface area contributed by atoms with E-state index in [9.17, 15) is 0 Å². The van der Waals surface area contributed by atoms with Crippen molar-refractivity contribution >= 4 is 21.6 Å². The van der Waals surface area contributed by atoms with Crippen LogP contribution in [0.5, 0.6) is 0 Å². The summed E-state index contributed by atoms with van der Waals surface area (Å²) >= 11 is 0. The van der Waals surface area contributed by atoms with Crippen LogP contribution in [0.25, 0.3) is 0 Å². The summed E-state index contributed by atoms with van der Waals surface area (Å²) in [7, 11) is 3.86. The highest BCUT2D eigenvalue weighted by Gasteiger charge is 1.98. The van der Waals surface area contributed by atoms with E-state index in [4.69, 9.17) is 0 Å². The highest BCUT2D eigenvalue weighted by atomic mass is 33.1. The Balaban J connectivity index is 1.76. The first-order chi connectivity index (χ1) is 8.36. The lowest BCUT2D eigenvalue weighted by Crippen LogP contribution is -1.84. The SMILES string of the molecule is Cc1ccccc1CSSCc1ccccc1. The molecule has 0 nitrogen and oxygen atoms in total. The van der Waals surface area contributed by atoms with Crippen molar-refractivity contribution in [1.29, 1.82) is 0 Å².